The molecule has 0 fully saturated rings. The molecule has 0 aromatic rings. The lowest BCUT2D eigenvalue weighted by molar-refractivity contribution is -0.134. The lowest BCUT2D eigenvalue weighted by atomic mass is 10.1. The molecule has 0 bridgehead atoms. The number of nitrogens with one attached hydrogen (secondary N) is 1. The van der Waals surface area contributed by atoms with Crippen molar-refractivity contribution in [3.8, 4) is 0 Å². The molecule has 12 heavy (non-hydrogen) atoms. The van der Waals surface area contributed by atoms with Gasteiger partial charge in [0.1, 0.15) is 0 Å². The van der Waals surface area contributed by atoms with Crippen molar-refractivity contribution in [2.24, 2.45) is 5.92 Å². The van der Waals surface area contributed by atoms with Gasteiger partial charge in [0.2, 0.25) is 5.91 Å². The molecular weight excluding hydrogens is 152 g/mol. The Labute approximate surface area is 75.1 Å². The summed E-state index contributed by atoms with van der Waals surface area (Å²) >= 11 is 0. The van der Waals surface area contributed by atoms with Crippen LogP contribution in [-0.2, 0) is 4.79 Å². The molecule has 1 N–H and O–H groups in total. The zero-order chi connectivity index (χ0) is 9.56. The van der Waals surface area contributed by atoms with E-state index in [1.54, 1.807) is 0 Å². The molecule has 0 aromatic carbocycles. The Bertz CT molecular complexity index is 132. The number of hydrogen-bond donors (Lipinski definition) is 1. The molecule has 0 saturated heterocycles. The van der Waals surface area contributed by atoms with E-state index in [2.05, 4.69) is 5.32 Å². The van der Waals surface area contributed by atoms with Crippen LogP contribution in [0.15, 0.2) is 0 Å². The average molecular weight is 172 g/mol. The SMILES string of the molecule is CCN(CC)C(=O)C(C)CNC. The van der Waals surface area contributed by atoms with Crippen LogP contribution < -0.4 is 5.32 Å². The first-order valence-electron chi connectivity index (χ1n) is 4.60. The zero-order valence-corrected chi connectivity index (χ0v) is 8.55. The van der Waals surface area contributed by atoms with Gasteiger partial charge in [-0.05, 0) is 20.9 Å². The van der Waals surface area contributed by atoms with Crippen LogP contribution in [0.5, 0.6) is 0 Å². The summed E-state index contributed by atoms with van der Waals surface area (Å²) < 4.78 is 0. The molecule has 0 rings (SSSR count). The highest BCUT2D eigenvalue weighted by atomic mass is 16.2. The first kappa shape index (κ1) is 11.4. The largest absolute Gasteiger partial charge is 0.343 e. The zero-order valence-electron chi connectivity index (χ0n) is 8.55. The summed E-state index contributed by atoms with van der Waals surface area (Å²) in [5, 5.41) is 3.00. The number of rotatable bonds is 5. The summed E-state index contributed by atoms with van der Waals surface area (Å²) in [5.74, 6) is 0.337. The van der Waals surface area contributed by atoms with Gasteiger partial charge >= 0.3 is 0 Å². The van der Waals surface area contributed by atoms with Crippen LogP contribution in [-0.4, -0.2) is 37.5 Å². The minimum Gasteiger partial charge on any atom is -0.343 e. The Morgan fingerprint density at radius 2 is 1.92 bits per heavy atom. The minimum atomic E-state index is 0.0925. The fraction of sp³-hybridized carbons (Fsp3) is 0.889. The first-order chi connectivity index (χ1) is 5.67. The number of carbonyl (C=O) groups is 1. The van der Waals surface area contributed by atoms with Gasteiger partial charge in [0.05, 0.1) is 0 Å². The monoisotopic (exact) mass is 172 g/mol. The summed E-state index contributed by atoms with van der Waals surface area (Å²) in [6.07, 6.45) is 0. The summed E-state index contributed by atoms with van der Waals surface area (Å²) in [7, 11) is 1.87. The smallest absolute Gasteiger partial charge is 0.226 e. The van der Waals surface area contributed by atoms with Crippen molar-refractivity contribution < 1.29 is 4.79 Å². The minimum absolute atomic E-state index is 0.0925. The Morgan fingerprint density at radius 1 is 1.42 bits per heavy atom. The van der Waals surface area contributed by atoms with Gasteiger partial charge in [-0.2, -0.15) is 0 Å². The summed E-state index contributed by atoms with van der Waals surface area (Å²) in [5.41, 5.74) is 0. The van der Waals surface area contributed by atoms with Gasteiger partial charge in [-0.3, -0.25) is 4.79 Å². The Hall–Kier alpha value is -0.570. The number of nitrogens with zero attached hydrogens (tertiary/aromatic N) is 1. The van der Waals surface area contributed by atoms with Crippen LogP contribution in [0.4, 0.5) is 0 Å². The topological polar surface area (TPSA) is 32.3 Å². The van der Waals surface area contributed by atoms with Crippen molar-refractivity contribution in [1.82, 2.24) is 10.2 Å². The molecule has 0 radical (unpaired) electrons. The van der Waals surface area contributed by atoms with Crippen LogP contribution in [0.25, 0.3) is 0 Å². The third kappa shape index (κ3) is 3.22. The first-order valence-corrected chi connectivity index (χ1v) is 4.60. The van der Waals surface area contributed by atoms with Crippen molar-refractivity contribution >= 4 is 5.91 Å². The van der Waals surface area contributed by atoms with E-state index in [0.29, 0.717) is 0 Å². The van der Waals surface area contributed by atoms with Crippen molar-refractivity contribution in [3.63, 3.8) is 0 Å². The third-order valence-corrected chi connectivity index (χ3v) is 2.01. The molecule has 3 heteroatoms. The molecule has 0 aliphatic heterocycles. The molecule has 3 nitrogen and oxygen atoms in total. The molecule has 0 aliphatic rings. The maximum Gasteiger partial charge on any atom is 0.226 e. The maximum absolute atomic E-state index is 11.6. The van der Waals surface area contributed by atoms with Gasteiger partial charge in [0.25, 0.3) is 0 Å². The van der Waals surface area contributed by atoms with Crippen molar-refractivity contribution in [2.45, 2.75) is 20.8 Å². The molecule has 0 saturated carbocycles. The highest BCUT2D eigenvalue weighted by Gasteiger charge is 2.16. The molecule has 1 amide bonds. The average Bonchev–Trinajstić information content (AvgIpc) is 2.07. The van der Waals surface area contributed by atoms with Gasteiger partial charge in [0, 0.05) is 25.6 Å². The molecule has 72 valence electrons. The lowest BCUT2D eigenvalue weighted by Gasteiger charge is -2.22. The van der Waals surface area contributed by atoms with Crippen LogP contribution in [0, 0.1) is 5.92 Å². The third-order valence-electron chi connectivity index (χ3n) is 2.01. The number of carbonyl (C=O) groups excluding carboxylic acids is 1. The maximum atomic E-state index is 11.6. The van der Waals surface area contributed by atoms with Crippen molar-refractivity contribution in [2.75, 3.05) is 26.7 Å². The van der Waals surface area contributed by atoms with Crippen LogP contribution in [0.3, 0.4) is 0 Å². The van der Waals surface area contributed by atoms with Crippen molar-refractivity contribution in [3.05, 3.63) is 0 Å². The van der Waals surface area contributed by atoms with Gasteiger partial charge in [0.15, 0.2) is 0 Å². The number of hydrogen-bond acceptors (Lipinski definition) is 2. The van der Waals surface area contributed by atoms with Crippen LogP contribution in [0.1, 0.15) is 20.8 Å². The Kier molecular flexibility index (Phi) is 5.72. The molecule has 0 aromatic heterocycles. The molecular formula is C9H20N2O. The predicted octanol–water partition coefficient (Wildman–Crippen LogP) is 0.710. The predicted molar refractivity (Wildman–Crippen MR) is 51.0 cm³/mol. The van der Waals surface area contributed by atoms with E-state index in [-0.39, 0.29) is 11.8 Å². The van der Waals surface area contributed by atoms with Crippen LogP contribution in [0.2, 0.25) is 0 Å². The van der Waals surface area contributed by atoms with Gasteiger partial charge < -0.3 is 10.2 Å². The lowest BCUT2D eigenvalue weighted by Crippen LogP contribution is -2.38. The summed E-state index contributed by atoms with van der Waals surface area (Å²) in [4.78, 5) is 13.4. The summed E-state index contributed by atoms with van der Waals surface area (Å²) in [6.45, 7) is 8.35. The quantitative estimate of drug-likeness (QED) is 0.662. The highest BCUT2D eigenvalue weighted by molar-refractivity contribution is 5.78. The highest BCUT2D eigenvalue weighted by Crippen LogP contribution is 2.00. The molecule has 1 unspecified atom stereocenters. The number of amides is 1. The van der Waals surface area contributed by atoms with E-state index >= 15 is 0 Å². The fourth-order valence-electron chi connectivity index (χ4n) is 1.24. The van der Waals surface area contributed by atoms with Crippen molar-refractivity contribution in [1.29, 1.82) is 0 Å². The molecule has 0 heterocycles. The van der Waals surface area contributed by atoms with Gasteiger partial charge in [-0.1, -0.05) is 6.92 Å². The van der Waals surface area contributed by atoms with E-state index in [4.69, 9.17) is 0 Å². The Balaban J connectivity index is 3.97. The second kappa shape index (κ2) is 6.00. The molecule has 0 spiro atoms. The second-order valence-corrected chi connectivity index (χ2v) is 2.97. The normalized spacial score (nSPS) is 12.7. The van der Waals surface area contributed by atoms with E-state index < -0.39 is 0 Å². The fourth-order valence-corrected chi connectivity index (χ4v) is 1.24. The van der Waals surface area contributed by atoms with Crippen LogP contribution >= 0.6 is 0 Å². The van der Waals surface area contributed by atoms with Gasteiger partial charge in [-0.15, -0.1) is 0 Å². The van der Waals surface area contributed by atoms with E-state index in [1.807, 2.05) is 32.7 Å². The van der Waals surface area contributed by atoms with Gasteiger partial charge in [-0.25, -0.2) is 0 Å². The standard InChI is InChI=1S/C9H20N2O/c1-5-11(6-2)9(12)8(3)7-10-4/h8,10H,5-7H2,1-4H3. The van der Waals surface area contributed by atoms with E-state index in [0.717, 1.165) is 19.6 Å². The van der Waals surface area contributed by atoms with E-state index in [1.165, 1.54) is 0 Å². The Morgan fingerprint density at radius 3 is 2.25 bits per heavy atom. The molecule has 0 aliphatic carbocycles. The van der Waals surface area contributed by atoms with E-state index in [9.17, 15) is 4.79 Å². The summed E-state index contributed by atoms with van der Waals surface area (Å²) in [6, 6.07) is 0. The molecule has 1 atom stereocenters. The second-order valence-electron chi connectivity index (χ2n) is 2.97.